The number of thioether (sulfide) groups is 1. The van der Waals surface area contributed by atoms with Crippen LogP contribution in [-0.4, -0.2) is 15.7 Å². The lowest BCUT2D eigenvalue weighted by Crippen LogP contribution is -2.29. The van der Waals surface area contributed by atoms with Crippen LogP contribution in [0.2, 0.25) is 0 Å². The third-order valence-corrected chi connectivity index (χ3v) is 5.52. The Bertz CT molecular complexity index is 716. The van der Waals surface area contributed by atoms with Gasteiger partial charge >= 0.3 is 0 Å². The Kier molecular flexibility index (Phi) is 3.45. The van der Waals surface area contributed by atoms with Gasteiger partial charge in [0.2, 0.25) is 5.91 Å². The monoisotopic (exact) mass is 313 g/mol. The van der Waals surface area contributed by atoms with E-state index in [0.717, 1.165) is 41.5 Å². The zero-order valence-electron chi connectivity index (χ0n) is 12.6. The lowest BCUT2D eigenvalue weighted by Gasteiger charge is -2.24. The van der Waals surface area contributed by atoms with E-state index in [1.807, 2.05) is 16.4 Å². The minimum absolute atomic E-state index is 0.152. The largest absolute Gasteiger partial charge is 0.310 e. The number of fused-ring (bicyclic) bond motifs is 1. The molecule has 0 spiro atoms. The summed E-state index contributed by atoms with van der Waals surface area (Å²) in [6.45, 7) is 2.07. The van der Waals surface area contributed by atoms with E-state index in [-0.39, 0.29) is 11.8 Å². The van der Waals surface area contributed by atoms with E-state index in [1.165, 1.54) is 17.5 Å². The quantitative estimate of drug-likeness (QED) is 0.940. The minimum atomic E-state index is 0.152. The first kappa shape index (κ1) is 13.9. The fourth-order valence-corrected chi connectivity index (χ4v) is 3.94. The second kappa shape index (κ2) is 5.47. The Labute approximate surface area is 134 Å². The predicted molar refractivity (Wildman–Crippen MR) is 89.3 cm³/mol. The summed E-state index contributed by atoms with van der Waals surface area (Å²) in [5, 5.41) is 7.88. The summed E-state index contributed by atoms with van der Waals surface area (Å²) in [6, 6.07) is 8.27. The molecule has 1 aromatic heterocycles. The second-order valence-corrected chi connectivity index (χ2v) is 7.12. The maximum absolute atomic E-state index is 12.4. The number of amides is 1. The number of carbonyl (C=O) groups excluding carboxylic acids is 1. The maximum atomic E-state index is 12.4. The van der Waals surface area contributed by atoms with Gasteiger partial charge in [-0.05, 0) is 31.9 Å². The first-order valence-corrected chi connectivity index (χ1v) is 8.94. The molecule has 5 heteroatoms. The van der Waals surface area contributed by atoms with Crippen LogP contribution < -0.4 is 5.32 Å². The van der Waals surface area contributed by atoms with Crippen LogP contribution in [0.25, 0.3) is 5.69 Å². The van der Waals surface area contributed by atoms with Gasteiger partial charge in [-0.3, -0.25) is 4.79 Å². The molecule has 1 aliphatic heterocycles. The molecular formula is C17H19N3OS. The van der Waals surface area contributed by atoms with Gasteiger partial charge in [0.1, 0.15) is 5.82 Å². The summed E-state index contributed by atoms with van der Waals surface area (Å²) >= 11 is 1.86. The fraction of sp³-hybridized carbons (Fsp3) is 0.412. The summed E-state index contributed by atoms with van der Waals surface area (Å²) in [4.78, 5) is 12.4. The van der Waals surface area contributed by atoms with Crippen molar-refractivity contribution in [2.24, 2.45) is 5.92 Å². The molecule has 0 radical (unpaired) electrons. The third kappa shape index (κ3) is 2.33. The molecule has 22 heavy (non-hydrogen) atoms. The van der Waals surface area contributed by atoms with Crippen molar-refractivity contribution in [3.05, 3.63) is 41.1 Å². The van der Waals surface area contributed by atoms with Crippen molar-refractivity contribution < 1.29 is 4.79 Å². The molecule has 0 saturated heterocycles. The van der Waals surface area contributed by atoms with E-state index in [2.05, 4.69) is 36.5 Å². The zero-order chi connectivity index (χ0) is 15.1. The number of carbonyl (C=O) groups is 1. The van der Waals surface area contributed by atoms with Crippen LogP contribution in [0.1, 0.15) is 36.1 Å². The second-order valence-electron chi connectivity index (χ2n) is 6.13. The molecule has 2 aliphatic rings. The molecule has 1 aliphatic carbocycles. The van der Waals surface area contributed by atoms with Gasteiger partial charge in [-0.1, -0.05) is 24.1 Å². The van der Waals surface area contributed by atoms with Crippen LogP contribution in [0, 0.1) is 12.8 Å². The van der Waals surface area contributed by atoms with Gasteiger partial charge in [0, 0.05) is 23.0 Å². The van der Waals surface area contributed by atoms with Crippen molar-refractivity contribution in [1.82, 2.24) is 9.78 Å². The van der Waals surface area contributed by atoms with Crippen LogP contribution in [0.4, 0.5) is 5.82 Å². The highest BCUT2D eigenvalue weighted by Crippen LogP contribution is 2.37. The number of rotatable bonds is 3. The smallest absolute Gasteiger partial charge is 0.228 e. The van der Waals surface area contributed by atoms with Crippen LogP contribution >= 0.6 is 11.8 Å². The highest BCUT2D eigenvalue weighted by molar-refractivity contribution is 7.98. The van der Waals surface area contributed by atoms with Gasteiger partial charge in [-0.2, -0.15) is 16.9 Å². The van der Waals surface area contributed by atoms with Crippen molar-refractivity contribution in [2.45, 2.75) is 37.7 Å². The van der Waals surface area contributed by atoms with Gasteiger partial charge in [0.05, 0.1) is 11.4 Å². The van der Waals surface area contributed by atoms with Crippen molar-refractivity contribution in [1.29, 1.82) is 0 Å². The highest BCUT2D eigenvalue weighted by atomic mass is 32.2. The SMILES string of the molecule is Cc1ccc(-n2nc3c(c2NC(=O)C2CCC2)CSC3)cc1. The summed E-state index contributed by atoms with van der Waals surface area (Å²) in [7, 11) is 0. The van der Waals surface area contributed by atoms with Crippen LogP contribution in [-0.2, 0) is 16.3 Å². The Morgan fingerprint density at radius 3 is 2.73 bits per heavy atom. The minimum Gasteiger partial charge on any atom is -0.310 e. The molecule has 114 valence electrons. The number of benzene rings is 1. The molecule has 1 amide bonds. The highest BCUT2D eigenvalue weighted by Gasteiger charge is 2.29. The number of aromatic nitrogens is 2. The molecule has 1 aromatic carbocycles. The van der Waals surface area contributed by atoms with Gasteiger partial charge in [-0.25, -0.2) is 4.68 Å². The van der Waals surface area contributed by atoms with E-state index in [9.17, 15) is 4.79 Å². The number of anilines is 1. The van der Waals surface area contributed by atoms with Crippen molar-refractivity contribution in [2.75, 3.05) is 5.32 Å². The lowest BCUT2D eigenvalue weighted by atomic mass is 9.85. The average Bonchev–Trinajstić information content (AvgIpc) is 3.01. The Balaban J connectivity index is 1.71. The standard InChI is InChI=1S/C17H19N3OS/c1-11-5-7-13(8-6-11)20-16(14-9-22-10-15(14)19-20)18-17(21)12-3-2-4-12/h5-8,12H,2-4,9-10H2,1H3,(H,18,21). The predicted octanol–water partition coefficient (Wildman–Crippen LogP) is 3.67. The zero-order valence-corrected chi connectivity index (χ0v) is 13.4. The molecule has 0 atom stereocenters. The molecule has 4 rings (SSSR count). The molecule has 1 saturated carbocycles. The normalized spacial score (nSPS) is 17.1. The van der Waals surface area contributed by atoms with E-state index >= 15 is 0 Å². The molecule has 1 N–H and O–H groups in total. The van der Waals surface area contributed by atoms with E-state index in [4.69, 9.17) is 5.10 Å². The summed E-state index contributed by atoms with van der Waals surface area (Å²) in [6.07, 6.45) is 3.20. The molecule has 0 unspecified atom stereocenters. The molecular weight excluding hydrogens is 294 g/mol. The number of nitrogens with zero attached hydrogens (tertiary/aromatic N) is 2. The van der Waals surface area contributed by atoms with Crippen LogP contribution in [0.15, 0.2) is 24.3 Å². The van der Waals surface area contributed by atoms with Gasteiger partial charge in [-0.15, -0.1) is 0 Å². The first-order valence-electron chi connectivity index (χ1n) is 7.79. The van der Waals surface area contributed by atoms with Crippen molar-refractivity contribution in [3.8, 4) is 5.69 Å². The summed E-state index contributed by atoms with van der Waals surface area (Å²) in [5.74, 6) is 3.08. The van der Waals surface area contributed by atoms with Gasteiger partial charge in [0.25, 0.3) is 0 Å². The Morgan fingerprint density at radius 1 is 1.27 bits per heavy atom. The topological polar surface area (TPSA) is 46.9 Å². The first-order chi connectivity index (χ1) is 10.7. The molecule has 1 fully saturated rings. The van der Waals surface area contributed by atoms with Gasteiger partial charge in [0.15, 0.2) is 0 Å². The fourth-order valence-electron chi connectivity index (χ4n) is 2.90. The van der Waals surface area contributed by atoms with E-state index in [0.29, 0.717) is 0 Å². The van der Waals surface area contributed by atoms with Crippen molar-refractivity contribution in [3.63, 3.8) is 0 Å². The molecule has 2 heterocycles. The van der Waals surface area contributed by atoms with Crippen LogP contribution in [0.3, 0.4) is 0 Å². The molecule has 0 bridgehead atoms. The number of nitrogens with one attached hydrogen (secondary N) is 1. The lowest BCUT2D eigenvalue weighted by molar-refractivity contribution is -0.122. The molecule has 4 nitrogen and oxygen atoms in total. The number of aryl methyl sites for hydroxylation is 1. The third-order valence-electron chi connectivity index (χ3n) is 4.55. The van der Waals surface area contributed by atoms with Gasteiger partial charge < -0.3 is 5.32 Å². The number of hydrogen-bond acceptors (Lipinski definition) is 3. The summed E-state index contributed by atoms with van der Waals surface area (Å²) in [5.41, 5.74) is 4.53. The Hall–Kier alpha value is -1.75. The maximum Gasteiger partial charge on any atom is 0.228 e. The molecule has 2 aromatic rings. The van der Waals surface area contributed by atoms with E-state index < -0.39 is 0 Å². The van der Waals surface area contributed by atoms with E-state index in [1.54, 1.807) is 0 Å². The van der Waals surface area contributed by atoms with Crippen LogP contribution in [0.5, 0.6) is 0 Å². The average molecular weight is 313 g/mol. The van der Waals surface area contributed by atoms with Crippen molar-refractivity contribution >= 4 is 23.5 Å². The summed E-state index contributed by atoms with van der Waals surface area (Å²) < 4.78 is 1.90. The number of hydrogen-bond donors (Lipinski definition) is 1. The Morgan fingerprint density at radius 2 is 2.05 bits per heavy atom.